The number of anilines is 3. The van der Waals surface area contributed by atoms with Crippen LogP contribution >= 0.6 is 11.6 Å². The van der Waals surface area contributed by atoms with Crippen LogP contribution in [0, 0.1) is 0 Å². The fourth-order valence-corrected chi connectivity index (χ4v) is 3.14. The number of hydrogen-bond acceptors (Lipinski definition) is 6. The first-order chi connectivity index (χ1) is 14.3. The van der Waals surface area contributed by atoms with Gasteiger partial charge < -0.3 is 16.4 Å². The Balaban J connectivity index is 2.04. The molecule has 0 spiro atoms. The summed E-state index contributed by atoms with van der Waals surface area (Å²) < 4.78 is 41.3. The molecule has 0 aliphatic heterocycles. The highest BCUT2D eigenvalue weighted by Crippen LogP contribution is 2.34. The van der Waals surface area contributed by atoms with Gasteiger partial charge in [0, 0.05) is 28.8 Å². The molecule has 1 aromatic carbocycles. The van der Waals surface area contributed by atoms with Gasteiger partial charge in [0.15, 0.2) is 5.65 Å². The van der Waals surface area contributed by atoms with Crippen LogP contribution in [0.4, 0.5) is 30.8 Å². The Morgan fingerprint density at radius 2 is 1.87 bits per heavy atom. The van der Waals surface area contributed by atoms with Crippen molar-refractivity contribution in [3.8, 4) is 0 Å². The lowest BCUT2D eigenvalue weighted by atomic mass is 10.1. The van der Waals surface area contributed by atoms with E-state index in [9.17, 15) is 13.2 Å². The summed E-state index contributed by atoms with van der Waals surface area (Å²) >= 11 is 5.91. The molecule has 168 valence electrons. The fraction of sp³-hybridized carbons (Fsp3) is 0.450. The van der Waals surface area contributed by atoms with Crippen LogP contribution in [0.3, 0.4) is 0 Å². The Kier molecular flexibility index (Phi) is 6.33. The summed E-state index contributed by atoms with van der Waals surface area (Å²) in [5.41, 5.74) is 6.03. The van der Waals surface area contributed by atoms with Crippen molar-refractivity contribution in [2.75, 3.05) is 10.6 Å². The van der Waals surface area contributed by atoms with Gasteiger partial charge in [0.1, 0.15) is 5.52 Å². The zero-order chi connectivity index (χ0) is 23.0. The van der Waals surface area contributed by atoms with Crippen molar-refractivity contribution in [2.45, 2.75) is 58.4 Å². The van der Waals surface area contributed by atoms with E-state index in [2.05, 4.69) is 25.6 Å². The molecular weight excluding hydrogens is 431 g/mol. The van der Waals surface area contributed by atoms with Gasteiger partial charge in [-0.2, -0.15) is 18.2 Å². The molecule has 7 nitrogen and oxygen atoms in total. The van der Waals surface area contributed by atoms with E-state index in [1.807, 2.05) is 27.7 Å². The molecule has 0 fully saturated rings. The summed E-state index contributed by atoms with van der Waals surface area (Å²) in [6.45, 7) is 8.30. The van der Waals surface area contributed by atoms with Gasteiger partial charge in [-0.25, -0.2) is 9.97 Å². The molecule has 4 N–H and O–H groups in total. The second-order valence-electron chi connectivity index (χ2n) is 8.48. The Morgan fingerprint density at radius 3 is 2.48 bits per heavy atom. The highest BCUT2D eigenvalue weighted by atomic mass is 35.5. The summed E-state index contributed by atoms with van der Waals surface area (Å²) in [5.74, 6) is 0.754. The molecule has 0 aliphatic rings. The van der Waals surface area contributed by atoms with Gasteiger partial charge in [0.2, 0.25) is 11.9 Å². The van der Waals surface area contributed by atoms with Crippen molar-refractivity contribution in [3.63, 3.8) is 0 Å². The summed E-state index contributed by atoms with van der Waals surface area (Å²) in [6.07, 6.45) is -2.33. The molecule has 31 heavy (non-hydrogen) atoms. The normalized spacial score (nSPS) is 13.5. The number of aryl methyl sites for hydroxylation is 1. The monoisotopic (exact) mass is 455 g/mol. The van der Waals surface area contributed by atoms with Crippen LogP contribution in [-0.4, -0.2) is 31.1 Å². The third-order valence-corrected chi connectivity index (χ3v) is 4.48. The SMILES string of the molecule is CC(N)CCn1c(Nc2cc(Cl)cc(C(F)(F)F)c2)nc2cnc(NC(C)(C)C)nc21. The summed E-state index contributed by atoms with van der Waals surface area (Å²) in [7, 11) is 0. The molecule has 2 aromatic heterocycles. The topological polar surface area (TPSA) is 93.7 Å². The molecule has 3 rings (SSSR count). The Morgan fingerprint density at radius 1 is 1.16 bits per heavy atom. The zero-order valence-corrected chi connectivity index (χ0v) is 18.4. The number of rotatable bonds is 6. The van der Waals surface area contributed by atoms with Crippen LogP contribution in [0.25, 0.3) is 11.2 Å². The molecule has 0 saturated heterocycles. The lowest BCUT2D eigenvalue weighted by Gasteiger charge is -2.20. The van der Waals surface area contributed by atoms with Crippen LogP contribution < -0.4 is 16.4 Å². The smallest absolute Gasteiger partial charge is 0.350 e. The van der Waals surface area contributed by atoms with E-state index < -0.39 is 11.7 Å². The number of aromatic nitrogens is 4. The average molecular weight is 456 g/mol. The molecule has 2 heterocycles. The number of nitrogens with zero attached hydrogens (tertiary/aromatic N) is 4. The largest absolute Gasteiger partial charge is 0.416 e. The van der Waals surface area contributed by atoms with Crippen molar-refractivity contribution >= 4 is 40.3 Å². The lowest BCUT2D eigenvalue weighted by molar-refractivity contribution is -0.137. The van der Waals surface area contributed by atoms with Crippen LogP contribution in [0.15, 0.2) is 24.4 Å². The standard InChI is InChI=1S/C20H25ClF3N7/c1-11(25)5-6-31-16-15(10-26-17(29-16)30-19(2,3)4)28-18(31)27-14-8-12(20(22,23)24)7-13(21)9-14/h7-11H,5-6,25H2,1-4H3,(H,27,28)(H,26,29,30). The molecule has 1 atom stereocenters. The second-order valence-corrected chi connectivity index (χ2v) is 8.92. The van der Waals surface area contributed by atoms with E-state index in [-0.39, 0.29) is 22.3 Å². The molecule has 1 unspecified atom stereocenters. The minimum Gasteiger partial charge on any atom is -0.350 e. The van der Waals surface area contributed by atoms with Crippen molar-refractivity contribution in [2.24, 2.45) is 5.73 Å². The number of halogens is 4. The molecule has 0 radical (unpaired) electrons. The lowest BCUT2D eigenvalue weighted by Crippen LogP contribution is -2.27. The van der Waals surface area contributed by atoms with E-state index >= 15 is 0 Å². The number of benzene rings is 1. The van der Waals surface area contributed by atoms with Gasteiger partial charge in [0.25, 0.3) is 0 Å². The Labute approximate surface area is 183 Å². The highest BCUT2D eigenvalue weighted by molar-refractivity contribution is 6.31. The molecule has 3 aromatic rings. The average Bonchev–Trinajstić information content (AvgIpc) is 2.93. The fourth-order valence-electron chi connectivity index (χ4n) is 2.91. The second kappa shape index (κ2) is 8.51. The third kappa shape index (κ3) is 5.98. The van der Waals surface area contributed by atoms with Crippen molar-refractivity contribution in [3.05, 3.63) is 35.0 Å². The number of imidazole rings is 1. The van der Waals surface area contributed by atoms with E-state index in [0.29, 0.717) is 36.0 Å². The van der Waals surface area contributed by atoms with Gasteiger partial charge >= 0.3 is 6.18 Å². The van der Waals surface area contributed by atoms with E-state index in [4.69, 9.17) is 17.3 Å². The summed E-state index contributed by atoms with van der Waals surface area (Å²) in [6, 6.07) is 3.19. The number of hydrogen-bond donors (Lipinski definition) is 3. The number of nitrogens with two attached hydrogens (primary N) is 1. The van der Waals surface area contributed by atoms with E-state index in [1.54, 1.807) is 10.8 Å². The minimum absolute atomic E-state index is 0.0352. The number of fused-ring (bicyclic) bond motifs is 1. The predicted octanol–water partition coefficient (Wildman–Crippen LogP) is 5.19. The van der Waals surface area contributed by atoms with Crippen LogP contribution in [0.5, 0.6) is 0 Å². The van der Waals surface area contributed by atoms with Crippen molar-refractivity contribution in [1.82, 2.24) is 19.5 Å². The minimum atomic E-state index is -4.52. The van der Waals surface area contributed by atoms with Crippen molar-refractivity contribution in [1.29, 1.82) is 0 Å². The first kappa shape index (κ1) is 23.1. The van der Waals surface area contributed by atoms with E-state index in [0.717, 1.165) is 12.1 Å². The maximum atomic E-state index is 13.2. The summed E-state index contributed by atoms with van der Waals surface area (Å²) in [5, 5.41) is 6.11. The maximum Gasteiger partial charge on any atom is 0.416 e. The molecule has 0 saturated carbocycles. The molecular formula is C20H25ClF3N7. The third-order valence-electron chi connectivity index (χ3n) is 4.26. The molecule has 0 amide bonds. The number of alkyl halides is 3. The predicted molar refractivity (Wildman–Crippen MR) is 117 cm³/mol. The van der Waals surface area contributed by atoms with Gasteiger partial charge in [0.05, 0.1) is 11.8 Å². The van der Waals surface area contributed by atoms with Gasteiger partial charge in [-0.05, 0) is 52.3 Å². The number of nitrogens with one attached hydrogen (secondary N) is 2. The first-order valence-corrected chi connectivity index (χ1v) is 10.1. The van der Waals surface area contributed by atoms with Crippen LogP contribution in [0.1, 0.15) is 39.7 Å². The van der Waals surface area contributed by atoms with Crippen LogP contribution in [0.2, 0.25) is 5.02 Å². The zero-order valence-electron chi connectivity index (χ0n) is 17.7. The molecule has 11 heteroatoms. The highest BCUT2D eigenvalue weighted by Gasteiger charge is 2.31. The molecule has 0 bridgehead atoms. The van der Waals surface area contributed by atoms with E-state index in [1.165, 1.54) is 6.07 Å². The first-order valence-electron chi connectivity index (χ1n) is 9.74. The van der Waals surface area contributed by atoms with Gasteiger partial charge in [-0.3, -0.25) is 4.57 Å². The molecule has 0 aliphatic carbocycles. The maximum absolute atomic E-state index is 13.2. The van der Waals surface area contributed by atoms with Gasteiger partial charge in [-0.1, -0.05) is 11.6 Å². The Hall–Kier alpha value is -2.59. The van der Waals surface area contributed by atoms with Crippen LogP contribution in [-0.2, 0) is 12.7 Å². The Bertz CT molecular complexity index is 1070. The summed E-state index contributed by atoms with van der Waals surface area (Å²) in [4.78, 5) is 13.3. The quantitative estimate of drug-likeness (QED) is 0.473. The van der Waals surface area contributed by atoms with Gasteiger partial charge in [-0.15, -0.1) is 0 Å². The van der Waals surface area contributed by atoms with Crippen molar-refractivity contribution < 1.29 is 13.2 Å².